The zero-order valence-electron chi connectivity index (χ0n) is 9.68. The Morgan fingerprint density at radius 2 is 2.00 bits per heavy atom. The molecule has 1 heterocycles. The molecule has 0 bridgehead atoms. The molecule has 18 heavy (non-hydrogen) atoms. The Morgan fingerprint density at radius 1 is 1.22 bits per heavy atom. The van der Waals surface area contributed by atoms with Crippen LogP contribution in [0.25, 0.3) is 0 Å². The van der Waals surface area contributed by atoms with Gasteiger partial charge in [0.15, 0.2) is 15.7 Å². The lowest BCUT2D eigenvalue weighted by Gasteiger charge is -2.13. The van der Waals surface area contributed by atoms with E-state index in [1.807, 2.05) is 30.3 Å². The maximum absolute atomic E-state index is 12.0. The number of nitrogens with one attached hydrogen (secondary N) is 1. The highest BCUT2D eigenvalue weighted by Gasteiger charge is 2.54. The molecule has 1 N–H and O–H groups in total. The Morgan fingerprint density at radius 3 is 2.67 bits per heavy atom. The molecule has 5 heteroatoms. The highest BCUT2D eigenvalue weighted by atomic mass is 32.2. The predicted octanol–water partition coefficient (Wildman–Crippen LogP) is 2.03. The van der Waals surface area contributed by atoms with E-state index in [4.69, 9.17) is 0 Å². The van der Waals surface area contributed by atoms with Gasteiger partial charge >= 0.3 is 0 Å². The fourth-order valence-electron chi connectivity index (χ4n) is 2.29. The van der Waals surface area contributed by atoms with Crippen molar-refractivity contribution in [3.05, 3.63) is 30.3 Å². The number of rotatable bonds is 1. The maximum Gasteiger partial charge on any atom is 0.250 e. The first-order valence-electron chi connectivity index (χ1n) is 5.88. The molecule has 4 nitrogen and oxygen atoms in total. The first-order valence-corrected chi connectivity index (χ1v) is 6.70. The third-order valence-electron chi connectivity index (χ3n) is 3.23. The molecule has 2 aliphatic rings. The van der Waals surface area contributed by atoms with Crippen LogP contribution in [0.2, 0.25) is 0 Å². The van der Waals surface area contributed by atoms with Crippen molar-refractivity contribution in [1.82, 2.24) is 5.32 Å². The van der Waals surface area contributed by atoms with E-state index < -0.39 is 4.75 Å². The molecule has 1 saturated heterocycles. The lowest BCUT2D eigenvalue weighted by molar-refractivity contribution is -0.128. The van der Waals surface area contributed by atoms with E-state index in [0.29, 0.717) is 18.0 Å². The number of amidine groups is 1. The van der Waals surface area contributed by atoms with E-state index in [2.05, 4.69) is 10.3 Å². The first kappa shape index (κ1) is 11.5. The number of benzene rings is 1. The number of Topliss-reactive ketones (excluding diaryl/α,β-unsaturated/α-hetero) is 1. The molecular weight excluding hydrogens is 248 g/mol. The number of ketones is 1. The molecule has 1 spiro atoms. The van der Waals surface area contributed by atoms with E-state index in [1.54, 1.807) is 0 Å². The Balaban J connectivity index is 1.89. The minimum Gasteiger partial charge on any atom is -0.303 e. The first-order chi connectivity index (χ1) is 8.71. The third kappa shape index (κ3) is 1.75. The molecule has 3 rings (SSSR count). The topological polar surface area (TPSA) is 58.5 Å². The summed E-state index contributed by atoms with van der Waals surface area (Å²) < 4.78 is -0.895. The van der Waals surface area contributed by atoms with Crippen molar-refractivity contribution in [3.8, 4) is 0 Å². The SMILES string of the molecule is O=C1CCCC12SC(=Nc1ccccc1)NC2=O. The largest absolute Gasteiger partial charge is 0.303 e. The van der Waals surface area contributed by atoms with Gasteiger partial charge in [-0.2, -0.15) is 0 Å². The number of carbonyl (C=O) groups excluding carboxylic acids is 2. The van der Waals surface area contributed by atoms with Gasteiger partial charge in [-0.3, -0.25) is 9.59 Å². The van der Waals surface area contributed by atoms with Crippen molar-refractivity contribution in [2.75, 3.05) is 0 Å². The molecule has 1 aliphatic heterocycles. The fraction of sp³-hybridized carbons (Fsp3) is 0.308. The Kier molecular flexibility index (Phi) is 2.70. The van der Waals surface area contributed by atoms with Gasteiger partial charge in [0.05, 0.1) is 5.69 Å². The Bertz CT molecular complexity index is 541. The van der Waals surface area contributed by atoms with E-state index in [0.717, 1.165) is 12.1 Å². The maximum atomic E-state index is 12.0. The monoisotopic (exact) mass is 260 g/mol. The summed E-state index contributed by atoms with van der Waals surface area (Å²) in [4.78, 5) is 28.2. The molecule has 1 aromatic rings. The lowest BCUT2D eigenvalue weighted by atomic mass is 10.1. The molecule has 0 radical (unpaired) electrons. The summed E-state index contributed by atoms with van der Waals surface area (Å²) in [6.45, 7) is 0. The number of aliphatic imine (C=N–C) groups is 1. The molecule has 1 unspecified atom stereocenters. The quantitative estimate of drug-likeness (QED) is 0.786. The number of hydrogen-bond donors (Lipinski definition) is 1. The average molecular weight is 260 g/mol. The molecule has 1 saturated carbocycles. The minimum absolute atomic E-state index is 0.0308. The van der Waals surface area contributed by atoms with Crippen LogP contribution < -0.4 is 5.32 Å². The summed E-state index contributed by atoms with van der Waals surface area (Å²) in [5.74, 6) is -0.173. The zero-order valence-corrected chi connectivity index (χ0v) is 10.5. The van der Waals surface area contributed by atoms with Crippen LogP contribution in [0, 0.1) is 0 Å². The highest BCUT2D eigenvalue weighted by molar-refractivity contribution is 8.17. The number of thioether (sulfide) groups is 1. The summed E-state index contributed by atoms with van der Waals surface area (Å²) >= 11 is 1.27. The van der Waals surface area contributed by atoms with Crippen LogP contribution in [0.4, 0.5) is 5.69 Å². The molecule has 2 fully saturated rings. The van der Waals surface area contributed by atoms with Gasteiger partial charge in [-0.05, 0) is 25.0 Å². The van der Waals surface area contributed by atoms with Crippen LogP contribution in [-0.4, -0.2) is 21.6 Å². The van der Waals surface area contributed by atoms with Crippen LogP contribution in [0.1, 0.15) is 19.3 Å². The second-order valence-corrected chi connectivity index (χ2v) is 5.70. The number of para-hydroxylation sites is 1. The van der Waals surface area contributed by atoms with Gasteiger partial charge in [-0.15, -0.1) is 0 Å². The van der Waals surface area contributed by atoms with E-state index in [9.17, 15) is 9.59 Å². The zero-order chi connectivity index (χ0) is 12.6. The van der Waals surface area contributed by atoms with Gasteiger partial charge in [0.1, 0.15) is 0 Å². The van der Waals surface area contributed by atoms with Crippen molar-refractivity contribution in [1.29, 1.82) is 0 Å². The molecule has 1 atom stereocenters. The summed E-state index contributed by atoms with van der Waals surface area (Å²) in [6.07, 6.45) is 1.91. The Labute approximate surface area is 109 Å². The smallest absolute Gasteiger partial charge is 0.250 e. The highest BCUT2D eigenvalue weighted by Crippen LogP contribution is 2.43. The van der Waals surface area contributed by atoms with Crippen molar-refractivity contribution >= 4 is 34.3 Å². The van der Waals surface area contributed by atoms with Gasteiger partial charge in [0.2, 0.25) is 5.91 Å². The van der Waals surface area contributed by atoms with Crippen LogP contribution >= 0.6 is 11.8 Å². The van der Waals surface area contributed by atoms with Gasteiger partial charge in [0, 0.05) is 6.42 Å². The van der Waals surface area contributed by atoms with E-state index >= 15 is 0 Å². The molecule has 1 amide bonds. The van der Waals surface area contributed by atoms with Gasteiger partial charge < -0.3 is 5.32 Å². The van der Waals surface area contributed by atoms with Crippen molar-refractivity contribution in [3.63, 3.8) is 0 Å². The summed E-state index contributed by atoms with van der Waals surface area (Å²) in [6, 6.07) is 9.41. The third-order valence-corrected chi connectivity index (χ3v) is 4.58. The lowest BCUT2D eigenvalue weighted by Crippen LogP contribution is -2.39. The van der Waals surface area contributed by atoms with Gasteiger partial charge in [-0.25, -0.2) is 4.99 Å². The normalized spacial score (nSPS) is 29.2. The summed E-state index contributed by atoms with van der Waals surface area (Å²) in [5, 5.41) is 3.25. The molecule has 0 aromatic heterocycles. The number of nitrogens with zero attached hydrogens (tertiary/aromatic N) is 1. The van der Waals surface area contributed by atoms with Gasteiger partial charge in [0.25, 0.3) is 0 Å². The van der Waals surface area contributed by atoms with Crippen molar-refractivity contribution < 1.29 is 9.59 Å². The minimum atomic E-state index is -0.895. The molecule has 92 valence electrons. The molecule has 1 aromatic carbocycles. The Hall–Kier alpha value is -1.62. The second kappa shape index (κ2) is 4.24. The molecular formula is C13H12N2O2S. The fourth-order valence-corrected chi connectivity index (χ4v) is 3.52. The van der Waals surface area contributed by atoms with Crippen LogP contribution in [-0.2, 0) is 9.59 Å². The van der Waals surface area contributed by atoms with Crippen molar-refractivity contribution in [2.45, 2.75) is 24.0 Å². The van der Waals surface area contributed by atoms with Crippen LogP contribution in [0.15, 0.2) is 35.3 Å². The van der Waals surface area contributed by atoms with Crippen LogP contribution in [0.5, 0.6) is 0 Å². The summed E-state index contributed by atoms with van der Waals surface area (Å²) in [5.41, 5.74) is 0.780. The number of carbonyl (C=O) groups is 2. The standard InChI is InChI=1S/C13H12N2O2S/c16-10-7-4-8-13(10)11(17)15-12(18-13)14-9-5-2-1-3-6-9/h1-3,5-6H,4,7-8H2,(H,14,15,17). The average Bonchev–Trinajstić information content (AvgIpc) is 2.87. The number of amides is 1. The van der Waals surface area contributed by atoms with E-state index in [1.165, 1.54) is 11.8 Å². The molecule has 1 aliphatic carbocycles. The summed E-state index contributed by atoms with van der Waals surface area (Å²) in [7, 11) is 0. The second-order valence-electron chi connectivity index (χ2n) is 4.41. The number of hydrogen-bond acceptors (Lipinski definition) is 4. The van der Waals surface area contributed by atoms with Gasteiger partial charge in [-0.1, -0.05) is 30.0 Å². The van der Waals surface area contributed by atoms with E-state index in [-0.39, 0.29) is 11.7 Å². The van der Waals surface area contributed by atoms with Crippen molar-refractivity contribution in [2.24, 2.45) is 4.99 Å². The van der Waals surface area contributed by atoms with Crippen LogP contribution in [0.3, 0.4) is 0 Å². The predicted molar refractivity (Wildman–Crippen MR) is 70.9 cm³/mol.